The van der Waals surface area contributed by atoms with Gasteiger partial charge in [-0.2, -0.15) is 5.26 Å². The number of amides is 1. The Labute approximate surface area is 117 Å². The van der Waals surface area contributed by atoms with E-state index in [2.05, 4.69) is 10.0 Å². The first-order chi connectivity index (χ1) is 9.35. The molecule has 1 unspecified atom stereocenters. The van der Waals surface area contributed by atoms with Gasteiger partial charge in [0.05, 0.1) is 16.5 Å². The molecule has 0 bridgehead atoms. The van der Waals surface area contributed by atoms with E-state index in [1.165, 1.54) is 24.3 Å². The molecule has 0 fully saturated rings. The van der Waals surface area contributed by atoms with Crippen LogP contribution in [-0.2, 0) is 10.0 Å². The van der Waals surface area contributed by atoms with Crippen LogP contribution in [-0.4, -0.2) is 32.7 Å². The zero-order chi connectivity index (χ0) is 15.2. The summed E-state index contributed by atoms with van der Waals surface area (Å²) in [6.45, 7) is 1.99. The summed E-state index contributed by atoms with van der Waals surface area (Å²) in [5.74, 6) is -0.181. The summed E-state index contributed by atoms with van der Waals surface area (Å²) in [4.78, 5) is 10.4. The van der Waals surface area contributed by atoms with Crippen molar-refractivity contribution in [3.63, 3.8) is 0 Å². The Kier molecular flexibility index (Phi) is 5.49. The zero-order valence-corrected chi connectivity index (χ0v) is 11.6. The van der Waals surface area contributed by atoms with Crippen molar-refractivity contribution in [2.24, 2.45) is 5.92 Å². The highest BCUT2D eigenvalue weighted by atomic mass is 32.2. The van der Waals surface area contributed by atoms with Crippen molar-refractivity contribution in [1.82, 2.24) is 10.0 Å². The highest BCUT2D eigenvalue weighted by Gasteiger charge is 2.15. The normalized spacial score (nSPS) is 12.4. The van der Waals surface area contributed by atoms with Crippen LogP contribution in [0.1, 0.15) is 12.5 Å². The first-order valence-corrected chi connectivity index (χ1v) is 7.30. The number of nitriles is 1. The summed E-state index contributed by atoms with van der Waals surface area (Å²) in [5.41, 5.74) is 0.378. The predicted molar refractivity (Wildman–Crippen MR) is 71.5 cm³/mol. The van der Waals surface area contributed by atoms with E-state index >= 15 is 0 Å². The molecule has 0 radical (unpaired) electrons. The fraction of sp³-hybridized carbons (Fsp3) is 0.333. The number of hydrogen-bond acceptors (Lipinski definition) is 4. The number of carboxylic acid groups (broad SMARTS) is 1. The van der Waals surface area contributed by atoms with Gasteiger partial charge in [-0.3, -0.25) is 0 Å². The maximum atomic E-state index is 11.9. The van der Waals surface area contributed by atoms with Crippen molar-refractivity contribution in [1.29, 1.82) is 5.26 Å². The molecule has 0 aliphatic rings. The number of hydrogen-bond donors (Lipinski definition) is 3. The van der Waals surface area contributed by atoms with E-state index in [1.54, 1.807) is 6.92 Å². The number of rotatable bonds is 6. The van der Waals surface area contributed by atoms with Crippen molar-refractivity contribution < 1.29 is 18.3 Å². The summed E-state index contributed by atoms with van der Waals surface area (Å²) in [7, 11) is -3.65. The molecule has 0 heterocycles. The van der Waals surface area contributed by atoms with Crippen LogP contribution in [0.3, 0.4) is 0 Å². The van der Waals surface area contributed by atoms with Crippen LogP contribution in [0.4, 0.5) is 4.79 Å². The molecule has 0 aromatic heterocycles. The third-order valence-electron chi connectivity index (χ3n) is 2.52. The molecule has 1 aromatic rings. The van der Waals surface area contributed by atoms with Gasteiger partial charge in [0.2, 0.25) is 10.0 Å². The van der Waals surface area contributed by atoms with E-state index in [0.29, 0.717) is 5.56 Å². The lowest BCUT2D eigenvalue weighted by Crippen LogP contribution is -2.34. The van der Waals surface area contributed by atoms with Crippen molar-refractivity contribution in [2.75, 3.05) is 13.1 Å². The van der Waals surface area contributed by atoms with Crippen LogP contribution in [0.5, 0.6) is 0 Å². The molecule has 108 valence electrons. The molecular formula is C12H15N3O4S. The topological polar surface area (TPSA) is 119 Å². The van der Waals surface area contributed by atoms with Gasteiger partial charge in [-0.05, 0) is 30.2 Å². The van der Waals surface area contributed by atoms with E-state index in [4.69, 9.17) is 10.4 Å². The predicted octanol–water partition coefficient (Wildman–Crippen LogP) is 0.740. The second-order valence-corrected chi connectivity index (χ2v) is 6.05. The standard InChI is InChI=1S/C12H15N3O4S/c1-9(7-14-12(16)17)8-15-20(18,19)11-4-2-10(6-13)3-5-11/h2-5,9,14-15H,7-8H2,1H3,(H,16,17). The smallest absolute Gasteiger partial charge is 0.404 e. The number of nitrogens with one attached hydrogen (secondary N) is 2. The number of benzene rings is 1. The van der Waals surface area contributed by atoms with Crippen molar-refractivity contribution >= 4 is 16.1 Å². The van der Waals surface area contributed by atoms with Crippen molar-refractivity contribution in [3.05, 3.63) is 29.8 Å². The van der Waals surface area contributed by atoms with E-state index < -0.39 is 16.1 Å². The van der Waals surface area contributed by atoms with Gasteiger partial charge in [-0.15, -0.1) is 0 Å². The molecule has 1 atom stereocenters. The Morgan fingerprint density at radius 3 is 2.45 bits per heavy atom. The molecule has 7 nitrogen and oxygen atoms in total. The number of nitrogens with zero attached hydrogens (tertiary/aromatic N) is 1. The SMILES string of the molecule is CC(CNC(=O)O)CNS(=O)(=O)c1ccc(C#N)cc1. The molecule has 0 aliphatic carbocycles. The molecule has 0 saturated carbocycles. The van der Waals surface area contributed by atoms with Crippen LogP contribution < -0.4 is 10.0 Å². The Morgan fingerprint density at radius 1 is 1.35 bits per heavy atom. The largest absolute Gasteiger partial charge is 0.465 e. The minimum absolute atomic E-state index is 0.0647. The monoisotopic (exact) mass is 297 g/mol. The van der Waals surface area contributed by atoms with E-state index in [0.717, 1.165) is 0 Å². The third kappa shape index (κ3) is 4.87. The highest BCUT2D eigenvalue weighted by Crippen LogP contribution is 2.10. The van der Waals surface area contributed by atoms with Gasteiger partial charge in [0.25, 0.3) is 0 Å². The maximum Gasteiger partial charge on any atom is 0.404 e. The van der Waals surface area contributed by atoms with E-state index in [9.17, 15) is 13.2 Å². The molecule has 1 amide bonds. The van der Waals surface area contributed by atoms with Gasteiger partial charge >= 0.3 is 6.09 Å². The summed E-state index contributed by atoms with van der Waals surface area (Å²) >= 11 is 0. The van der Waals surface area contributed by atoms with Gasteiger partial charge in [0, 0.05) is 13.1 Å². The lowest BCUT2D eigenvalue weighted by molar-refractivity contribution is 0.193. The average molecular weight is 297 g/mol. The second kappa shape index (κ2) is 6.88. The highest BCUT2D eigenvalue weighted by molar-refractivity contribution is 7.89. The molecule has 3 N–H and O–H groups in total. The summed E-state index contributed by atoms with van der Waals surface area (Å²) in [5, 5.41) is 19.3. The van der Waals surface area contributed by atoms with Crippen LogP contribution in [0.2, 0.25) is 0 Å². The second-order valence-electron chi connectivity index (χ2n) is 4.28. The Hall–Kier alpha value is -2.11. The van der Waals surface area contributed by atoms with Crippen LogP contribution in [0.25, 0.3) is 0 Å². The number of carbonyl (C=O) groups is 1. The Bertz CT molecular complexity index is 605. The summed E-state index contributed by atoms with van der Waals surface area (Å²) in [6, 6.07) is 7.44. The van der Waals surface area contributed by atoms with Gasteiger partial charge in [0.15, 0.2) is 0 Å². The minimum Gasteiger partial charge on any atom is -0.465 e. The third-order valence-corrected chi connectivity index (χ3v) is 3.96. The zero-order valence-electron chi connectivity index (χ0n) is 10.8. The fourth-order valence-electron chi connectivity index (χ4n) is 1.38. The van der Waals surface area contributed by atoms with Crippen molar-refractivity contribution in [2.45, 2.75) is 11.8 Å². The molecule has 0 spiro atoms. The molecule has 8 heteroatoms. The van der Waals surface area contributed by atoms with Crippen LogP contribution >= 0.6 is 0 Å². The lowest BCUT2D eigenvalue weighted by Gasteiger charge is -2.12. The molecule has 0 aliphatic heterocycles. The van der Waals surface area contributed by atoms with E-state index in [-0.39, 0.29) is 23.9 Å². The first kappa shape index (κ1) is 15.9. The fourth-order valence-corrected chi connectivity index (χ4v) is 2.54. The maximum absolute atomic E-state index is 11.9. The van der Waals surface area contributed by atoms with Gasteiger partial charge in [-0.25, -0.2) is 17.9 Å². The van der Waals surface area contributed by atoms with Crippen molar-refractivity contribution in [3.8, 4) is 6.07 Å². The lowest BCUT2D eigenvalue weighted by atomic mass is 10.2. The van der Waals surface area contributed by atoms with Crippen LogP contribution in [0, 0.1) is 17.2 Å². The van der Waals surface area contributed by atoms with Gasteiger partial charge in [-0.1, -0.05) is 6.92 Å². The molecular weight excluding hydrogens is 282 g/mol. The van der Waals surface area contributed by atoms with Gasteiger partial charge in [0.1, 0.15) is 0 Å². The first-order valence-electron chi connectivity index (χ1n) is 5.82. The number of sulfonamides is 1. The molecule has 20 heavy (non-hydrogen) atoms. The summed E-state index contributed by atoms with van der Waals surface area (Å²) in [6.07, 6.45) is -1.15. The minimum atomic E-state index is -3.65. The molecule has 1 aromatic carbocycles. The van der Waals surface area contributed by atoms with Gasteiger partial charge < -0.3 is 10.4 Å². The molecule has 1 rings (SSSR count). The molecule has 0 saturated heterocycles. The van der Waals surface area contributed by atoms with Crippen LogP contribution in [0.15, 0.2) is 29.2 Å². The van der Waals surface area contributed by atoms with E-state index in [1.807, 2.05) is 6.07 Å². The Balaban J connectivity index is 2.61. The quantitative estimate of drug-likeness (QED) is 0.715. The average Bonchev–Trinajstić information content (AvgIpc) is 2.43. The summed E-state index contributed by atoms with van der Waals surface area (Å²) < 4.78 is 26.3. The Morgan fingerprint density at radius 2 is 1.95 bits per heavy atom.